The number of furan rings is 3. The quantitative estimate of drug-likeness (QED) is 0.157. The van der Waals surface area contributed by atoms with Crippen molar-refractivity contribution in [1.29, 1.82) is 0 Å². The number of aromatic nitrogens is 1. The van der Waals surface area contributed by atoms with Crippen LogP contribution in [0, 0.1) is 0 Å². The normalized spacial score (nSPS) is 15.0. The Bertz CT molecular complexity index is 3850. The molecule has 7 aromatic carbocycles. The summed E-state index contributed by atoms with van der Waals surface area (Å²) in [4.78, 5) is 0. The molecule has 4 heterocycles. The van der Waals surface area contributed by atoms with Gasteiger partial charge in [-0.2, -0.15) is 0 Å². The lowest BCUT2D eigenvalue weighted by molar-refractivity contribution is 0.602. The van der Waals surface area contributed by atoms with E-state index in [-0.39, 0.29) is 0 Å². The third kappa shape index (κ3) is 6.15. The molecule has 4 nitrogen and oxygen atoms in total. The Morgan fingerprint density at radius 3 is 1.64 bits per heavy atom. The number of rotatable bonds is 6. The van der Waals surface area contributed by atoms with E-state index in [0.29, 0.717) is 0 Å². The van der Waals surface area contributed by atoms with Crippen LogP contribution in [-0.4, -0.2) is 4.57 Å². The minimum atomic E-state index is 0.783. The van der Waals surface area contributed by atoms with Crippen LogP contribution in [0.15, 0.2) is 215 Å². The minimum absolute atomic E-state index is 0.783. The van der Waals surface area contributed by atoms with E-state index in [1.807, 2.05) is 48.6 Å². The molecule has 0 atom stereocenters. The molecule has 4 aromatic heterocycles. The standard InChI is InChI=1S/C60H39NO3/c1-3-15-38(4-2)40-25-29-57-49(33-40)45-20-11-12-21-46-52-36-48-47-32-42(43-27-31-59-51(35-43)50-34-41(26-30-58(50)63-59)39-16-7-5-8-17-39)24-28-53(47)61(44-18-9-6-10-19-44)54(48)37-60(52)64-56(46)23-14-13-22-55(45)62-57/h3-37H,1-2H2/b12-11?,14-13?,20-11+,21-12+,22-13-,23-14-,38-15+,45-20?,46-21?,55-22?,56-23?. The van der Waals surface area contributed by atoms with Crippen LogP contribution in [0.3, 0.4) is 0 Å². The molecule has 12 rings (SSSR count). The zero-order chi connectivity index (χ0) is 42.7. The summed E-state index contributed by atoms with van der Waals surface area (Å²) < 4.78 is 21.8. The molecule has 0 N–H and O–H groups in total. The third-order valence-electron chi connectivity index (χ3n) is 12.4. The first kappa shape index (κ1) is 37.2. The van der Waals surface area contributed by atoms with Gasteiger partial charge in [0.1, 0.15) is 33.9 Å². The molecule has 0 fully saturated rings. The van der Waals surface area contributed by atoms with Crippen molar-refractivity contribution in [3.8, 4) is 27.9 Å². The summed E-state index contributed by atoms with van der Waals surface area (Å²) in [6.45, 7) is 7.89. The second-order valence-electron chi connectivity index (χ2n) is 16.1. The van der Waals surface area contributed by atoms with Gasteiger partial charge in [-0.05, 0) is 112 Å². The molecule has 1 aliphatic carbocycles. The van der Waals surface area contributed by atoms with E-state index in [0.717, 1.165) is 116 Å². The number of benzene rings is 7. The molecule has 0 bridgehead atoms. The lowest BCUT2D eigenvalue weighted by Gasteiger charge is -2.08. The number of nitrogens with zero attached hydrogens (tertiary/aromatic N) is 1. The Morgan fingerprint density at radius 1 is 0.422 bits per heavy atom. The van der Waals surface area contributed by atoms with Gasteiger partial charge in [0.25, 0.3) is 0 Å². The van der Waals surface area contributed by atoms with Crippen molar-refractivity contribution < 1.29 is 13.3 Å². The summed E-state index contributed by atoms with van der Waals surface area (Å²) in [6.07, 6.45) is 22.1. The molecule has 0 saturated heterocycles. The molecule has 11 aromatic rings. The molecule has 0 spiro atoms. The van der Waals surface area contributed by atoms with Crippen molar-refractivity contribution in [2.75, 3.05) is 0 Å². The van der Waals surface area contributed by atoms with Gasteiger partial charge in [0, 0.05) is 55.2 Å². The predicted octanol–water partition coefficient (Wildman–Crippen LogP) is 17.0. The van der Waals surface area contributed by atoms with Gasteiger partial charge in [-0.1, -0.05) is 141 Å². The van der Waals surface area contributed by atoms with Gasteiger partial charge in [-0.25, -0.2) is 0 Å². The average molecular weight is 822 g/mol. The van der Waals surface area contributed by atoms with Gasteiger partial charge >= 0.3 is 0 Å². The van der Waals surface area contributed by atoms with E-state index in [2.05, 4.69) is 175 Å². The first-order valence-electron chi connectivity index (χ1n) is 21.5. The fourth-order valence-electron chi connectivity index (χ4n) is 9.35. The fourth-order valence-corrected chi connectivity index (χ4v) is 9.35. The zero-order valence-corrected chi connectivity index (χ0v) is 34.8. The Labute approximate surface area is 369 Å². The molecular weight excluding hydrogens is 783 g/mol. The number of allylic oxidation sites excluding steroid dienone is 8. The molecule has 64 heavy (non-hydrogen) atoms. The van der Waals surface area contributed by atoms with E-state index in [9.17, 15) is 0 Å². The maximum Gasteiger partial charge on any atom is 0.137 e. The Hall–Kier alpha value is -8.60. The summed E-state index contributed by atoms with van der Waals surface area (Å²) in [5.74, 6) is 1.57. The Balaban J connectivity index is 0.997. The average Bonchev–Trinajstić information content (AvgIpc) is 4.07. The first-order chi connectivity index (χ1) is 31.6. The summed E-state index contributed by atoms with van der Waals surface area (Å²) in [6, 6.07) is 51.6. The Kier molecular flexibility index (Phi) is 8.77. The van der Waals surface area contributed by atoms with Crippen LogP contribution < -0.4 is 0 Å². The van der Waals surface area contributed by atoms with Crippen LogP contribution >= 0.6 is 0 Å². The molecular formula is C60H39NO3. The van der Waals surface area contributed by atoms with Gasteiger partial charge in [-0.15, -0.1) is 0 Å². The molecule has 4 heteroatoms. The largest absolute Gasteiger partial charge is 0.456 e. The van der Waals surface area contributed by atoms with Crippen LogP contribution in [-0.2, 0) is 0 Å². The van der Waals surface area contributed by atoms with E-state index >= 15 is 0 Å². The molecule has 1 aliphatic rings. The second-order valence-corrected chi connectivity index (χ2v) is 16.1. The SMILES string of the molecule is C=C/C=C(\C=C)c1ccc2oc3c(c2c1)/C=C/C=C/c1c(oc2cc4c(cc12)c1cc(-c2ccc5oc6ccc(-c7ccccc7)cc6c5c2)ccc1n4-c1ccccc1)/C=C\C=C/3. The maximum absolute atomic E-state index is 6.71. The summed E-state index contributed by atoms with van der Waals surface area (Å²) in [5, 5.41) is 6.58. The van der Waals surface area contributed by atoms with Crippen LogP contribution in [0.2, 0.25) is 0 Å². The summed E-state index contributed by atoms with van der Waals surface area (Å²) in [5.41, 5.74) is 15.4. The van der Waals surface area contributed by atoms with Gasteiger partial charge in [-0.3, -0.25) is 0 Å². The lowest BCUT2D eigenvalue weighted by atomic mass is 9.99. The topological polar surface area (TPSA) is 44.4 Å². The van der Waals surface area contributed by atoms with Crippen molar-refractivity contribution in [1.82, 2.24) is 4.57 Å². The number of hydrogen-bond acceptors (Lipinski definition) is 3. The molecule has 0 amide bonds. The molecule has 302 valence electrons. The van der Waals surface area contributed by atoms with Crippen molar-refractivity contribution >= 4 is 95.6 Å². The minimum Gasteiger partial charge on any atom is -0.456 e. The molecule has 0 radical (unpaired) electrons. The van der Waals surface area contributed by atoms with Gasteiger partial charge in [0.2, 0.25) is 0 Å². The highest BCUT2D eigenvalue weighted by Gasteiger charge is 2.20. The summed E-state index contributed by atoms with van der Waals surface area (Å²) >= 11 is 0. The monoisotopic (exact) mass is 821 g/mol. The highest BCUT2D eigenvalue weighted by atomic mass is 16.3. The Morgan fingerprint density at radius 2 is 0.969 bits per heavy atom. The molecule has 0 unspecified atom stereocenters. The maximum atomic E-state index is 6.71. The second kappa shape index (κ2) is 15.1. The van der Waals surface area contributed by atoms with E-state index in [1.165, 1.54) is 11.1 Å². The number of hydrogen-bond donors (Lipinski definition) is 0. The van der Waals surface area contributed by atoms with Crippen LogP contribution in [0.4, 0.5) is 0 Å². The smallest absolute Gasteiger partial charge is 0.137 e. The predicted molar refractivity (Wildman–Crippen MR) is 269 cm³/mol. The number of para-hydroxylation sites is 1. The van der Waals surface area contributed by atoms with Gasteiger partial charge in [0.05, 0.1) is 11.0 Å². The summed E-state index contributed by atoms with van der Waals surface area (Å²) in [7, 11) is 0. The lowest BCUT2D eigenvalue weighted by Crippen LogP contribution is -1.93. The number of fused-ring (bicyclic) bond motifs is 12. The van der Waals surface area contributed by atoms with E-state index < -0.39 is 0 Å². The third-order valence-corrected chi connectivity index (χ3v) is 12.4. The van der Waals surface area contributed by atoms with Crippen molar-refractivity contribution in [3.05, 3.63) is 229 Å². The van der Waals surface area contributed by atoms with Crippen molar-refractivity contribution in [2.24, 2.45) is 0 Å². The van der Waals surface area contributed by atoms with Gasteiger partial charge < -0.3 is 17.8 Å². The van der Waals surface area contributed by atoms with Crippen molar-refractivity contribution in [2.45, 2.75) is 0 Å². The van der Waals surface area contributed by atoms with Gasteiger partial charge in [0.15, 0.2) is 0 Å². The van der Waals surface area contributed by atoms with Crippen LogP contribution in [0.5, 0.6) is 0 Å². The molecule has 0 aliphatic heterocycles. The zero-order valence-electron chi connectivity index (χ0n) is 34.8. The highest BCUT2D eigenvalue weighted by Crippen LogP contribution is 2.41. The van der Waals surface area contributed by atoms with Crippen LogP contribution in [0.1, 0.15) is 28.2 Å². The van der Waals surface area contributed by atoms with E-state index in [4.69, 9.17) is 13.3 Å². The first-order valence-corrected chi connectivity index (χ1v) is 21.5. The van der Waals surface area contributed by atoms with Crippen LogP contribution in [0.25, 0.3) is 124 Å². The molecule has 0 saturated carbocycles. The van der Waals surface area contributed by atoms with Crippen molar-refractivity contribution in [3.63, 3.8) is 0 Å². The fraction of sp³-hybridized carbons (Fsp3) is 0. The van der Waals surface area contributed by atoms with E-state index in [1.54, 1.807) is 6.08 Å². The highest BCUT2D eigenvalue weighted by molar-refractivity contribution is 6.15.